The van der Waals surface area contributed by atoms with Gasteiger partial charge in [-0.2, -0.15) is 0 Å². The molecule has 1 aromatic rings. The van der Waals surface area contributed by atoms with Gasteiger partial charge < -0.3 is 4.90 Å². The van der Waals surface area contributed by atoms with Gasteiger partial charge in [-0.25, -0.2) is 0 Å². The van der Waals surface area contributed by atoms with Gasteiger partial charge in [-0.3, -0.25) is 14.9 Å². The number of hydrogen-bond acceptors (Lipinski definition) is 3. The van der Waals surface area contributed by atoms with Crippen molar-refractivity contribution in [1.29, 1.82) is 0 Å². The van der Waals surface area contributed by atoms with Gasteiger partial charge in [0.05, 0.1) is 11.0 Å². The van der Waals surface area contributed by atoms with Gasteiger partial charge in [0.25, 0.3) is 5.69 Å². The van der Waals surface area contributed by atoms with Gasteiger partial charge in [0.15, 0.2) is 0 Å². The second-order valence-corrected chi connectivity index (χ2v) is 5.11. The van der Waals surface area contributed by atoms with Crippen LogP contribution in [0.4, 0.5) is 5.69 Å². The largest absolute Gasteiger partial charge is 0.339 e. The molecule has 0 aliphatic heterocycles. The number of amides is 1. The van der Waals surface area contributed by atoms with Crippen molar-refractivity contribution >= 4 is 11.6 Å². The lowest BCUT2D eigenvalue weighted by atomic mass is 9.84. The van der Waals surface area contributed by atoms with Crippen LogP contribution in [-0.2, 0) is 4.79 Å². The molecular weight excluding hydrogens is 244 g/mol. The number of nitro benzene ring substituents is 1. The summed E-state index contributed by atoms with van der Waals surface area (Å²) in [6.45, 7) is 1.90. The van der Waals surface area contributed by atoms with Crippen LogP contribution in [0, 0.1) is 16.0 Å². The van der Waals surface area contributed by atoms with Crippen LogP contribution in [0.1, 0.15) is 37.8 Å². The Balaban J connectivity index is 2.13. The molecule has 1 aliphatic carbocycles. The number of carbonyl (C=O) groups excluding carboxylic acids is 1. The van der Waals surface area contributed by atoms with Crippen LogP contribution in [-0.4, -0.2) is 22.8 Å². The lowest BCUT2D eigenvalue weighted by Crippen LogP contribution is -2.37. The summed E-state index contributed by atoms with van der Waals surface area (Å²) < 4.78 is 0. The molecular formula is C14H18N2O3. The molecule has 19 heavy (non-hydrogen) atoms. The Morgan fingerprint density at radius 2 is 2.16 bits per heavy atom. The summed E-state index contributed by atoms with van der Waals surface area (Å²) in [4.78, 5) is 24.2. The lowest BCUT2D eigenvalue weighted by Gasteiger charge is -2.33. The van der Waals surface area contributed by atoms with Crippen LogP contribution in [0.15, 0.2) is 24.3 Å². The van der Waals surface area contributed by atoms with Crippen molar-refractivity contribution in [3.05, 3.63) is 39.9 Å². The number of hydrogen-bond donors (Lipinski definition) is 0. The Morgan fingerprint density at radius 1 is 1.47 bits per heavy atom. The van der Waals surface area contributed by atoms with Crippen molar-refractivity contribution in [1.82, 2.24) is 4.90 Å². The average molecular weight is 262 g/mol. The van der Waals surface area contributed by atoms with E-state index < -0.39 is 4.92 Å². The SMILES string of the molecule is C[C@@H](c1cccc([N+](=O)[O-])c1)N(C)C(=O)C1CCC1. The first-order valence-electron chi connectivity index (χ1n) is 6.51. The maximum absolute atomic E-state index is 12.2. The molecule has 1 saturated carbocycles. The molecule has 0 radical (unpaired) electrons. The highest BCUT2D eigenvalue weighted by atomic mass is 16.6. The first-order valence-corrected chi connectivity index (χ1v) is 6.51. The summed E-state index contributed by atoms with van der Waals surface area (Å²) in [5, 5.41) is 10.8. The van der Waals surface area contributed by atoms with Gasteiger partial charge in [-0.1, -0.05) is 18.6 Å². The highest BCUT2D eigenvalue weighted by Gasteiger charge is 2.30. The summed E-state index contributed by atoms with van der Waals surface area (Å²) in [5.41, 5.74) is 0.859. The van der Waals surface area contributed by atoms with E-state index in [4.69, 9.17) is 0 Å². The van der Waals surface area contributed by atoms with Gasteiger partial charge in [0, 0.05) is 25.1 Å². The zero-order valence-electron chi connectivity index (χ0n) is 11.2. The molecule has 1 aliphatic rings. The van der Waals surface area contributed by atoms with Crippen LogP contribution in [0.2, 0.25) is 0 Å². The van der Waals surface area contributed by atoms with E-state index in [1.165, 1.54) is 12.1 Å². The predicted molar refractivity (Wildman–Crippen MR) is 71.6 cm³/mol. The number of carbonyl (C=O) groups is 1. The van der Waals surface area contributed by atoms with Crippen LogP contribution in [0.25, 0.3) is 0 Å². The Labute approximate surface area is 112 Å². The monoisotopic (exact) mass is 262 g/mol. The van der Waals surface area contributed by atoms with E-state index in [-0.39, 0.29) is 23.6 Å². The van der Waals surface area contributed by atoms with Crippen LogP contribution < -0.4 is 0 Å². The van der Waals surface area contributed by atoms with Crippen molar-refractivity contribution < 1.29 is 9.72 Å². The molecule has 0 heterocycles. The summed E-state index contributed by atoms with van der Waals surface area (Å²) in [5.74, 6) is 0.288. The van der Waals surface area contributed by atoms with Gasteiger partial charge >= 0.3 is 0 Å². The number of rotatable bonds is 4. The molecule has 0 N–H and O–H groups in total. The zero-order valence-corrected chi connectivity index (χ0v) is 11.2. The molecule has 0 unspecified atom stereocenters. The minimum atomic E-state index is -0.413. The minimum Gasteiger partial charge on any atom is -0.339 e. The third-order valence-corrected chi connectivity index (χ3v) is 3.95. The number of nitro groups is 1. The molecule has 0 spiro atoms. The van der Waals surface area contributed by atoms with Crippen molar-refractivity contribution in [3.63, 3.8) is 0 Å². The maximum Gasteiger partial charge on any atom is 0.269 e. The summed E-state index contributed by atoms with van der Waals surface area (Å²) in [6, 6.07) is 6.33. The summed E-state index contributed by atoms with van der Waals surface area (Å²) >= 11 is 0. The molecule has 5 heteroatoms. The van der Waals surface area contributed by atoms with E-state index in [0.29, 0.717) is 0 Å². The topological polar surface area (TPSA) is 63.5 Å². The molecule has 0 aromatic heterocycles. The molecule has 5 nitrogen and oxygen atoms in total. The third-order valence-electron chi connectivity index (χ3n) is 3.95. The normalized spacial score (nSPS) is 16.5. The van der Waals surface area contributed by atoms with Crippen LogP contribution in [0.5, 0.6) is 0 Å². The van der Waals surface area contributed by atoms with Gasteiger partial charge in [0.1, 0.15) is 0 Å². The van der Waals surface area contributed by atoms with Crippen molar-refractivity contribution in [3.8, 4) is 0 Å². The zero-order chi connectivity index (χ0) is 14.0. The van der Waals surface area contributed by atoms with Crippen molar-refractivity contribution in [2.45, 2.75) is 32.2 Å². The predicted octanol–water partition coefficient (Wildman–Crippen LogP) is 2.91. The van der Waals surface area contributed by atoms with E-state index in [1.807, 2.05) is 13.0 Å². The standard InChI is InChI=1S/C14H18N2O3/c1-10(15(2)14(17)11-5-3-6-11)12-7-4-8-13(9-12)16(18)19/h4,7-11H,3,5-6H2,1-2H3/t10-/m0/s1. The third kappa shape index (κ3) is 2.75. The molecule has 2 rings (SSSR count). The first-order chi connectivity index (χ1) is 9.00. The average Bonchev–Trinajstić information content (AvgIpc) is 2.35. The summed E-state index contributed by atoms with van der Waals surface area (Å²) in [6.07, 6.45) is 3.05. The van der Waals surface area contributed by atoms with Crippen LogP contribution in [0.3, 0.4) is 0 Å². The molecule has 1 atom stereocenters. The molecule has 0 saturated heterocycles. The number of benzene rings is 1. The highest BCUT2D eigenvalue weighted by molar-refractivity contribution is 5.79. The molecule has 1 fully saturated rings. The van der Waals surface area contributed by atoms with Crippen molar-refractivity contribution in [2.24, 2.45) is 5.92 Å². The Bertz CT molecular complexity index is 497. The maximum atomic E-state index is 12.2. The Hall–Kier alpha value is -1.91. The smallest absolute Gasteiger partial charge is 0.269 e. The summed E-state index contributed by atoms with van der Waals surface area (Å²) in [7, 11) is 1.77. The van der Waals surface area contributed by atoms with E-state index in [2.05, 4.69) is 0 Å². The van der Waals surface area contributed by atoms with Gasteiger partial charge in [-0.15, -0.1) is 0 Å². The second kappa shape index (κ2) is 5.38. The fourth-order valence-electron chi connectivity index (χ4n) is 2.26. The molecule has 1 amide bonds. The minimum absolute atomic E-state index is 0.0637. The van der Waals surface area contributed by atoms with Gasteiger partial charge in [-0.05, 0) is 25.3 Å². The van der Waals surface area contributed by atoms with Gasteiger partial charge in [0.2, 0.25) is 5.91 Å². The van der Waals surface area contributed by atoms with E-state index in [9.17, 15) is 14.9 Å². The van der Waals surface area contributed by atoms with Crippen LogP contribution >= 0.6 is 0 Å². The quantitative estimate of drug-likeness (QED) is 0.619. The number of nitrogens with zero attached hydrogens (tertiary/aromatic N) is 2. The Kier molecular flexibility index (Phi) is 3.83. The number of non-ortho nitro benzene ring substituents is 1. The van der Waals surface area contributed by atoms with E-state index in [0.717, 1.165) is 24.8 Å². The Morgan fingerprint density at radius 3 is 2.68 bits per heavy atom. The van der Waals surface area contributed by atoms with E-state index in [1.54, 1.807) is 18.0 Å². The molecule has 1 aromatic carbocycles. The fraction of sp³-hybridized carbons (Fsp3) is 0.500. The second-order valence-electron chi connectivity index (χ2n) is 5.11. The fourth-order valence-corrected chi connectivity index (χ4v) is 2.26. The highest BCUT2D eigenvalue weighted by Crippen LogP contribution is 2.31. The molecule has 0 bridgehead atoms. The van der Waals surface area contributed by atoms with E-state index >= 15 is 0 Å². The van der Waals surface area contributed by atoms with Crippen molar-refractivity contribution in [2.75, 3.05) is 7.05 Å². The first kappa shape index (κ1) is 13.5. The molecule has 102 valence electrons. The lowest BCUT2D eigenvalue weighted by molar-refractivity contribution is -0.384.